The van der Waals surface area contributed by atoms with Crippen molar-refractivity contribution in [3.63, 3.8) is 0 Å². The number of aromatic amines is 1. The van der Waals surface area contributed by atoms with E-state index < -0.39 is 6.09 Å². The van der Waals surface area contributed by atoms with E-state index in [1.807, 2.05) is 97.1 Å². The predicted octanol–water partition coefficient (Wildman–Crippen LogP) is 7.59. The molecule has 63 heavy (non-hydrogen) atoms. The molecule has 0 unspecified atom stereocenters. The molecule has 12 nitrogen and oxygen atoms in total. The second-order valence-electron chi connectivity index (χ2n) is 16.3. The lowest BCUT2D eigenvalue weighted by Crippen LogP contribution is -2.40. The molecule has 2 heterocycles. The molecule has 0 bridgehead atoms. The number of benzene rings is 5. The summed E-state index contributed by atoms with van der Waals surface area (Å²) in [6.45, 7) is 5.35. The maximum Gasteiger partial charge on any atom is 0.411 e. The number of aromatic nitrogens is 1. The Balaban J connectivity index is 0.783. The number of aromatic hydroxyl groups is 1. The zero-order valence-electron chi connectivity index (χ0n) is 35.9. The Morgan fingerprint density at radius 3 is 2.40 bits per heavy atom. The highest BCUT2D eigenvalue weighted by atomic mass is 16.6. The third kappa shape index (κ3) is 12.4. The first-order chi connectivity index (χ1) is 30.6. The summed E-state index contributed by atoms with van der Waals surface area (Å²) in [7, 11) is 1.78. The van der Waals surface area contributed by atoms with E-state index in [4.69, 9.17) is 4.74 Å². The smallest absolute Gasteiger partial charge is 0.411 e. The van der Waals surface area contributed by atoms with E-state index in [2.05, 4.69) is 44.9 Å². The van der Waals surface area contributed by atoms with Crippen LogP contribution in [-0.2, 0) is 40.1 Å². The quantitative estimate of drug-likeness (QED) is 0.0629. The van der Waals surface area contributed by atoms with E-state index in [-0.39, 0.29) is 41.7 Å². The van der Waals surface area contributed by atoms with Crippen molar-refractivity contribution < 1.29 is 24.2 Å². The monoisotopic (exact) mass is 848 g/mol. The highest BCUT2D eigenvalue weighted by Gasteiger charge is 2.24. The van der Waals surface area contributed by atoms with Gasteiger partial charge in [0.15, 0.2) is 0 Å². The Morgan fingerprint density at radius 2 is 1.60 bits per heavy atom. The first-order valence-electron chi connectivity index (χ1n) is 21.7. The number of likely N-dealkylation sites (tertiary alicyclic amines) is 1. The van der Waals surface area contributed by atoms with Crippen LogP contribution in [0.25, 0.3) is 22.0 Å². The van der Waals surface area contributed by atoms with E-state index in [1.165, 1.54) is 6.07 Å². The molecular formula is C51H56N6O6. The molecule has 1 atom stereocenters. The van der Waals surface area contributed by atoms with Gasteiger partial charge in [-0.05, 0) is 97.3 Å². The molecule has 3 amide bonds. The van der Waals surface area contributed by atoms with Crippen molar-refractivity contribution in [2.24, 2.45) is 0 Å². The average Bonchev–Trinajstić information content (AvgIpc) is 3.29. The van der Waals surface area contributed by atoms with Crippen molar-refractivity contribution >= 4 is 40.2 Å². The number of hydrogen-bond donors (Lipinski definition) is 5. The van der Waals surface area contributed by atoms with Gasteiger partial charge in [0.05, 0.1) is 17.6 Å². The minimum Gasteiger partial charge on any atom is -0.506 e. The number of amides is 3. The molecule has 1 fully saturated rings. The van der Waals surface area contributed by atoms with Crippen molar-refractivity contribution in [1.29, 1.82) is 0 Å². The molecule has 5 N–H and O–H groups in total. The second-order valence-corrected chi connectivity index (χ2v) is 16.3. The van der Waals surface area contributed by atoms with Gasteiger partial charge in [0.1, 0.15) is 11.9 Å². The van der Waals surface area contributed by atoms with Crippen LogP contribution >= 0.6 is 0 Å². The van der Waals surface area contributed by atoms with Gasteiger partial charge in [0.2, 0.25) is 17.4 Å². The summed E-state index contributed by atoms with van der Waals surface area (Å²) in [6.07, 6.45) is 2.93. The Bertz CT molecular complexity index is 2550. The number of rotatable bonds is 17. The lowest BCUT2D eigenvalue weighted by atomic mass is 10.0. The van der Waals surface area contributed by atoms with Crippen LogP contribution in [0.1, 0.15) is 48.4 Å². The first-order valence-corrected chi connectivity index (χ1v) is 21.7. The summed E-state index contributed by atoms with van der Waals surface area (Å²) in [4.78, 5) is 57.3. The number of phenols is 1. The van der Waals surface area contributed by atoms with Gasteiger partial charge in [0.25, 0.3) is 0 Å². The minimum absolute atomic E-state index is 0.0145. The molecule has 7 rings (SSSR count). The fourth-order valence-electron chi connectivity index (χ4n) is 8.11. The van der Waals surface area contributed by atoms with Crippen molar-refractivity contribution in [3.05, 3.63) is 160 Å². The van der Waals surface area contributed by atoms with Crippen LogP contribution in [0.5, 0.6) is 5.75 Å². The van der Waals surface area contributed by atoms with Crippen LogP contribution in [0.4, 0.5) is 16.2 Å². The summed E-state index contributed by atoms with van der Waals surface area (Å²) < 4.78 is 5.78. The molecule has 1 aliphatic rings. The van der Waals surface area contributed by atoms with Gasteiger partial charge < -0.3 is 35.3 Å². The summed E-state index contributed by atoms with van der Waals surface area (Å²) >= 11 is 0. The summed E-state index contributed by atoms with van der Waals surface area (Å²) in [5.74, 6) is 0.00536. The van der Waals surface area contributed by atoms with Gasteiger partial charge >= 0.3 is 6.09 Å². The Morgan fingerprint density at radius 1 is 0.857 bits per heavy atom. The summed E-state index contributed by atoms with van der Waals surface area (Å²) in [6, 6.07) is 40.3. The van der Waals surface area contributed by atoms with Gasteiger partial charge in [0, 0.05) is 68.4 Å². The van der Waals surface area contributed by atoms with Gasteiger partial charge in [-0.1, -0.05) is 91.0 Å². The number of piperidine rings is 1. The molecule has 1 saturated heterocycles. The molecular weight excluding hydrogens is 793 g/mol. The number of nitrogens with zero attached hydrogens (tertiary/aromatic N) is 2. The maximum absolute atomic E-state index is 13.2. The number of hydrogen-bond acceptors (Lipinski definition) is 8. The number of anilines is 2. The average molecular weight is 849 g/mol. The molecule has 0 radical (unpaired) electrons. The Hall–Kier alpha value is -6.76. The number of fused-ring (bicyclic) bond motifs is 1. The highest BCUT2D eigenvalue weighted by Crippen LogP contribution is 2.28. The molecule has 1 aliphatic heterocycles. The SMILES string of the molecule is C[C@@H](Cc1cccc(CC(=O)NCc2ccc(N(C)C(=O)CCN3CCC(OC(=O)Nc4ccccc4-c4ccccc4)CC3)cc2)c1)NCCc1ccc(O)c2[nH]c(=O)ccc12. The fourth-order valence-corrected chi connectivity index (χ4v) is 8.11. The van der Waals surface area contributed by atoms with E-state index in [1.54, 1.807) is 24.1 Å². The third-order valence-corrected chi connectivity index (χ3v) is 11.6. The number of nitrogens with one attached hydrogen (secondary N) is 4. The number of carbonyl (C=O) groups excluding carboxylic acids is 3. The molecule has 0 saturated carbocycles. The maximum atomic E-state index is 13.2. The van der Waals surface area contributed by atoms with E-state index in [0.717, 1.165) is 76.9 Å². The standard InChI is InChI=1S/C51H56N6O6/c1-35(52-27-23-40-17-21-46(58)50-44(40)20-22-47(59)55-50)31-37-9-8-10-38(32-37)33-48(60)53-34-36-15-18-41(19-16-36)56(2)49(61)26-30-57-28-24-42(25-29-57)63-51(62)54-45-14-7-6-13-43(45)39-11-4-3-5-12-39/h3-22,32,35,42,52,58H,23-31,33-34H2,1-2H3,(H,53,60)(H,54,62)(H,55,59)/t35-/m0/s1. The molecule has 0 aliphatic carbocycles. The molecule has 1 aromatic heterocycles. The summed E-state index contributed by atoms with van der Waals surface area (Å²) in [5.41, 5.74) is 7.71. The molecule has 5 aromatic carbocycles. The van der Waals surface area contributed by atoms with Crippen LogP contribution in [0.2, 0.25) is 0 Å². The lowest BCUT2D eigenvalue weighted by Gasteiger charge is -2.31. The van der Waals surface area contributed by atoms with E-state index in [0.29, 0.717) is 43.6 Å². The van der Waals surface area contributed by atoms with Gasteiger partial charge in [-0.25, -0.2) is 4.79 Å². The second kappa shape index (κ2) is 21.4. The third-order valence-electron chi connectivity index (χ3n) is 11.6. The lowest BCUT2D eigenvalue weighted by molar-refractivity contribution is -0.120. The van der Waals surface area contributed by atoms with Crippen molar-refractivity contribution in [3.8, 4) is 16.9 Å². The zero-order chi connectivity index (χ0) is 44.1. The highest BCUT2D eigenvalue weighted by molar-refractivity contribution is 5.93. The number of ether oxygens (including phenoxy) is 1. The largest absolute Gasteiger partial charge is 0.506 e. The minimum atomic E-state index is -0.462. The van der Waals surface area contributed by atoms with Crippen LogP contribution < -0.4 is 26.4 Å². The number of para-hydroxylation sites is 1. The van der Waals surface area contributed by atoms with Crippen LogP contribution in [0, 0.1) is 0 Å². The fraction of sp³-hybridized carbons (Fsp3) is 0.294. The van der Waals surface area contributed by atoms with Crippen molar-refractivity contribution in [2.75, 3.05) is 43.4 Å². The van der Waals surface area contributed by atoms with Crippen molar-refractivity contribution in [2.45, 2.75) is 64.1 Å². The van der Waals surface area contributed by atoms with E-state index >= 15 is 0 Å². The van der Waals surface area contributed by atoms with Gasteiger partial charge in [-0.15, -0.1) is 0 Å². The predicted molar refractivity (Wildman–Crippen MR) is 249 cm³/mol. The molecule has 326 valence electrons. The molecule has 6 aromatic rings. The summed E-state index contributed by atoms with van der Waals surface area (Å²) in [5, 5.41) is 20.5. The van der Waals surface area contributed by atoms with Crippen molar-refractivity contribution in [1.82, 2.24) is 20.5 Å². The number of phenolic OH excluding ortho intramolecular Hbond substituents is 1. The van der Waals surface area contributed by atoms with Gasteiger partial charge in [-0.3, -0.25) is 19.7 Å². The van der Waals surface area contributed by atoms with E-state index in [9.17, 15) is 24.3 Å². The van der Waals surface area contributed by atoms with Gasteiger partial charge in [-0.2, -0.15) is 0 Å². The Labute approximate surface area is 368 Å². The first kappa shape index (κ1) is 44.3. The number of pyridine rings is 1. The van der Waals surface area contributed by atoms with Crippen LogP contribution in [0.3, 0.4) is 0 Å². The number of H-pyrrole nitrogens is 1. The zero-order valence-corrected chi connectivity index (χ0v) is 35.9. The Kier molecular flexibility index (Phi) is 15.0. The topological polar surface area (TPSA) is 156 Å². The molecule has 0 spiro atoms. The van der Waals surface area contributed by atoms with Crippen LogP contribution in [-0.4, -0.2) is 78.3 Å². The molecule has 12 heteroatoms. The normalized spacial score (nSPS) is 13.6. The number of carbonyl (C=O) groups is 3. The van der Waals surface area contributed by atoms with Crippen LogP contribution in [0.15, 0.2) is 132 Å².